The van der Waals surface area contributed by atoms with Gasteiger partial charge in [-0.05, 0) is 31.2 Å². The van der Waals surface area contributed by atoms with E-state index in [1.165, 1.54) is 6.07 Å². The van der Waals surface area contributed by atoms with Gasteiger partial charge in [0.05, 0.1) is 21.9 Å². The highest BCUT2D eigenvalue weighted by Gasteiger charge is 2.14. The van der Waals surface area contributed by atoms with E-state index < -0.39 is 4.92 Å². The van der Waals surface area contributed by atoms with Gasteiger partial charge >= 0.3 is 0 Å². The van der Waals surface area contributed by atoms with Gasteiger partial charge < -0.3 is 0 Å². The molecule has 0 aromatic heterocycles. The molecule has 1 N–H and O–H groups in total. The zero-order valence-corrected chi connectivity index (χ0v) is 11.5. The van der Waals surface area contributed by atoms with E-state index in [0.717, 1.165) is 5.69 Å². The van der Waals surface area contributed by atoms with Crippen LogP contribution in [-0.2, 0) is 0 Å². The molecule has 0 amide bonds. The van der Waals surface area contributed by atoms with Gasteiger partial charge in [0, 0.05) is 11.1 Å². The lowest BCUT2D eigenvalue weighted by Crippen LogP contribution is -2.03. The number of nitro benzene ring substituents is 1. The minimum Gasteiger partial charge on any atom is -0.278 e. The molecule has 2 rings (SSSR count). The highest BCUT2D eigenvalue weighted by molar-refractivity contribution is 6.30. The summed E-state index contributed by atoms with van der Waals surface area (Å²) in [6.07, 6.45) is 0. The number of hydrogen-bond acceptors (Lipinski definition) is 4. The van der Waals surface area contributed by atoms with Crippen LogP contribution in [0.25, 0.3) is 0 Å². The van der Waals surface area contributed by atoms with Crippen molar-refractivity contribution in [2.24, 2.45) is 5.10 Å². The molecule has 0 saturated heterocycles. The number of nitrogens with zero attached hydrogens (tertiary/aromatic N) is 2. The first-order chi connectivity index (χ1) is 9.58. The molecule has 0 unspecified atom stereocenters. The van der Waals surface area contributed by atoms with Crippen molar-refractivity contribution in [3.63, 3.8) is 0 Å². The highest BCUT2D eigenvalue weighted by Crippen LogP contribution is 2.19. The minimum atomic E-state index is -0.423. The summed E-state index contributed by atoms with van der Waals surface area (Å²) in [5.74, 6) is 0. The van der Waals surface area contributed by atoms with Gasteiger partial charge in [-0.3, -0.25) is 15.5 Å². The zero-order valence-electron chi connectivity index (χ0n) is 10.7. The van der Waals surface area contributed by atoms with E-state index in [-0.39, 0.29) is 5.69 Å². The Balaban J connectivity index is 2.25. The Morgan fingerprint density at radius 2 is 2.00 bits per heavy atom. The molecule has 0 heterocycles. The number of para-hydroxylation sites is 1. The first kappa shape index (κ1) is 14.0. The second-order valence-corrected chi connectivity index (χ2v) is 4.53. The molecule has 0 saturated carbocycles. The number of rotatable bonds is 4. The lowest BCUT2D eigenvalue weighted by molar-refractivity contribution is -0.385. The van der Waals surface area contributed by atoms with Crippen LogP contribution in [0.2, 0.25) is 5.02 Å². The number of hydrazone groups is 1. The first-order valence-electron chi connectivity index (χ1n) is 5.87. The summed E-state index contributed by atoms with van der Waals surface area (Å²) in [5.41, 5.74) is 4.58. The molecule has 0 aliphatic carbocycles. The van der Waals surface area contributed by atoms with Crippen molar-refractivity contribution in [2.45, 2.75) is 6.92 Å². The maximum absolute atomic E-state index is 11.0. The quantitative estimate of drug-likeness (QED) is 0.524. The fourth-order valence-electron chi connectivity index (χ4n) is 1.71. The summed E-state index contributed by atoms with van der Waals surface area (Å²) in [7, 11) is 0. The number of anilines is 1. The SMILES string of the molecule is C/C(=N\Nc1cccc(Cl)c1)c1ccccc1[N+](=O)[O-]. The van der Waals surface area contributed by atoms with Crippen molar-refractivity contribution < 1.29 is 4.92 Å². The van der Waals surface area contributed by atoms with Crippen molar-refractivity contribution in [3.8, 4) is 0 Å². The maximum Gasteiger partial charge on any atom is 0.278 e. The van der Waals surface area contributed by atoms with Crippen molar-refractivity contribution in [1.29, 1.82) is 0 Å². The summed E-state index contributed by atoms with van der Waals surface area (Å²) in [6.45, 7) is 1.71. The molecular weight excluding hydrogens is 278 g/mol. The summed E-state index contributed by atoms with van der Waals surface area (Å²) in [4.78, 5) is 10.5. The van der Waals surface area contributed by atoms with Crippen LogP contribution < -0.4 is 5.43 Å². The molecule has 0 aliphatic rings. The third-order valence-electron chi connectivity index (χ3n) is 2.67. The second kappa shape index (κ2) is 6.16. The predicted molar refractivity (Wildman–Crippen MR) is 80.4 cm³/mol. The Bertz CT molecular complexity index is 671. The van der Waals surface area contributed by atoms with Crippen LogP contribution in [0.15, 0.2) is 53.6 Å². The maximum atomic E-state index is 11.0. The van der Waals surface area contributed by atoms with Gasteiger partial charge in [0.2, 0.25) is 0 Å². The number of halogens is 1. The van der Waals surface area contributed by atoms with E-state index in [2.05, 4.69) is 10.5 Å². The summed E-state index contributed by atoms with van der Waals surface area (Å²) < 4.78 is 0. The number of hydrogen-bond donors (Lipinski definition) is 1. The molecule has 5 nitrogen and oxygen atoms in total. The Morgan fingerprint density at radius 3 is 2.70 bits per heavy atom. The third-order valence-corrected chi connectivity index (χ3v) is 2.90. The number of nitrogens with one attached hydrogen (secondary N) is 1. The van der Waals surface area contributed by atoms with Gasteiger partial charge in [-0.15, -0.1) is 0 Å². The summed E-state index contributed by atoms with van der Waals surface area (Å²) in [5, 5.41) is 15.7. The van der Waals surface area contributed by atoms with Crippen LogP contribution in [0.4, 0.5) is 11.4 Å². The average molecular weight is 290 g/mol. The molecule has 0 spiro atoms. The molecule has 20 heavy (non-hydrogen) atoms. The Labute approximate surface area is 121 Å². The summed E-state index contributed by atoms with van der Waals surface area (Å²) >= 11 is 5.87. The normalized spacial score (nSPS) is 11.2. The molecule has 6 heteroatoms. The van der Waals surface area contributed by atoms with Gasteiger partial charge in [0.25, 0.3) is 5.69 Å². The topological polar surface area (TPSA) is 67.5 Å². The van der Waals surface area contributed by atoms with E-state index in [1.54, 1.807) is 43.3 Å². The third kappa shape index (κ3) is 3.33. The predicted octanol–water partition coefficient (Wildman–Crippen LogP) is 4.08. The average Bonchev–Trinajstić information content (AvgIpc) is 2.45. The van der Waals surface area contributed by atoms with Crippen LogP contribution in [-0.4, -0.2) is 10.6 Å². The van der Waals surface area contributed by atoms with E-state index in [1.807, 2.05) is 6.07 Å². The molecule has 0 fully saturated rings. The Hall–Kier alpha value is -2.40. The van der Waals surface area contributed by atoms with Gasteiger partial charge in [0.15, 0.2) is 0 Å². The molecule has 2 aromatic rings. The van der Waals surface area contributed by atoms with Gasteiger partial charge in [0.1, 0.15) is 0 Å². The van der Waals surface area contributed by atoms with Gasteiger partial charge in [-0.25, -0.2) is 0 Å². The Morgan fingerprint density at radius 1 is 1.25 bits per heavy atom. The first-order valence-corrected chi connectivity index (χ1v) is 6.25. The lowest BCUT2D eigenvalue weighted by atomic mass is 10.1. The molecular formula is C14H12ClN3O2. The highest BCUT2D eigenvalue weighted by atomic mass is 35.5. The molecule has 102 valence electrons. The Kier molecular flexibility index (Phi) is 4.32. The number of nitro groups is 1. The van der Waals surface area contributed by atoms with Crippen molar-refractivity contribution in [3.05, 3.63) is 69.2 Å². The monoisotopic (exact) mass is 289 g/mol. The molecule has 0 radical (unpaired) electrons. The molecule has 2 aromatic carbocycles. The largest absolute Gasteiger partial charge is 0.278 e. The van der Waals surface area contributed by atoms with E-state index in [4.69, 9.17) is 11.6 Å². The van der Waals surface area contributed by atoms with E-state index >= 15 is 0 Å². The minimum absolute atomic E-state index is 0.0293. The van der Waals surface area contributed by atoms with Crippen LogP contribution in [0.5, 0.6) is 0 Å². The standard InChI is InChI=1S/C14H12ClN3O2/c1-10(13-7-2-3-8-14(13)18(19)20)16-17-12-6-4-5-11(15)9-12/h2-9,17H,1H3/b16-10+. The molecule has 0 aliphatic heterocycles. The van der Waals surface area contributed by atoms with Crippen LogP contribution in [0.3, 0.4) is 0 Å². The van der Waals surface area contributed by atoms with Crippen molar-refractivity contribution in [2.75, 3.05) is 5.43 Å². The van der Waals surface area contributed by atoms with Crippen LogP contribution in [0, 0.1) is 10.1 Å². The van der Waals surface area contributed by atoms with Crippen LogP contribution >= 0.6 is 11.6 Å². The fraction of sp³-hybridized carbons (Fsp3) is 0.0714. The molecule has 0 bridgehead atoms. The van der Waals surface area contributed by atoms with Crippen molar-refractivity contribution in [1.82, 2.24) is 0 Å². The van der Waals surface area contributed by atoms with Gasteiger partial charge in [-0.1, -0.05) is 29.8 Å². The lowest BCUT2D eigenvalue weighted by Gasteiger charge is -2.04. The zero-order chi connectivity index (χ0) is 14.5. The number of benzene rings is 2. The van der Waals surface area contributed by atoms with Crippen LogP contribution in [0.1, 0.15) is 12.5 Å². The summed E-state index contributed by atoms with van der Waals surface area (Å²) in [6, 6.07) is 13.6. The fourth-order valence-corrected chi connectivity index (χ4v) is 1.90. The smallest absolute Gasteiger partial charge is 0.278 e. The van der Waals surface area contributed by atoms with E-state index in [9.17, 15) is 10.1 Å². The molecule has 0 atom stereocenters. The second-order valence-electron chi connectivity index (χ2n) is 4.09. The van der Waals surface area contributed by atoms with E-state index in [0.29, 0.717) is 16.3 Å². The van der Waals surface area contributed by atoms with Gasteiger partial charge in [-0.2, -0.15) is 5.10 Å². The van der Waals surface area contributed by atoms with Crippen molar-refractivity contribution >= 4 is 28.7 Å².